The summed E-state index contributed by atoms with van der Waals surface area (Å²) in [5.74, 6) is 0. The Morgan fingerprint density at radius 2 is 1.29 bits per heavy atom. The Bertz CT molecular complexity index is 1000. The van der Waals surface area contributed by atoms with Crippen molar-refractivity contribution in [2.24, 2.45) is 0 Å². The lowest BCUT2D eigenvalue weighted by Crippen LogP contribution is -2.07. The van der Waals surface area contributed by atoms with Gasteiger partial charge in [-0.05, 0) is 42.8 Å². The molecule has 3 aromatic carbocycles. The normalized spacial score (nSPS) is 12.2. The van der Waals surface area contributed by atoms with Gasteiger partial charge in [0.1, 0.15) is 0 Å². The zero-order chi connectivity index (χ0) is 16.9. The molecule has 4 heteroatoms. The molecule has 4 aromatic rings. The van der Waals surface area contributed by atoms with Gasteiger partial charge in [-0.1, -0.05) is 30.3 Å². The fraction of sp³-hybridized carbons (Fsp3) is 0.100. The fourth-order valence-corrected chi connectivity index (χ4v) is 5.55. The first-order valence-corrected chi connectivity index (χ1v) is 8.80. The predicted octanol–water partition coefficient (Wildman–Crippen LogP) is 7.06. The second-order valence-electron chi connectivity index (χ2n) is 5.77. The summed E-state index contributed by atoms with van der Waals surface area (Å²) in [5.41, 5.74) is -0.287. The molecule has 0 bridgehead atoms. The van der Waals surface area contributed by atoms with Crippen molar-refractivity contribution in [1.29, 1.82) is 0 Å². The van der Waals surface area contributed by atoms with Crippen LogP contribution in [0.5, 0.6) is 0 Å². The number of rotatable bonds is 1. The monoisotopic (exact) mass is 343 g/mol. The molecule has 0 aliphatic rings. The van der Waals surface area contributed by atoms with E-state index in [0.29, 0.717) is 4.90 Å². The fourth-order valence-electron chi connectivity index (χ4n) is 3.14. The van der Waals surface area contributed by atoms with E-state index in [2.05, 4.69) is 0 Å². The van der Waals surface area contributed by atoms with Gasteiger partial charge in [-0.25, -0.2) is 0 Å². The van der Waals surface area contributed by atoms with E-state index < -0.39 is 22.2 Å². The van der Waals surface area contributed by atoms with Gasteiger partial charge in [0.25, 0.3) is 0 Å². The van der Waals surface area contributed by atoms with Crippen LogP contribution in [0.2, 0.25) is 0 Å². The van der Waals surface area contributed by atoms with Crippen molar-refractivity contribution in [3.63, 3.8) is 0 Å². The van der Waals surface area contributed by atoms with Crippen LogP contribution in [0.1, 0.15) is 11.1 Å². The Kier molecular flexibility index (Phi) is 3.39. The molecule has 1 heterocycles. The Hall–Kier alpha value is -2.33. The van der Waals surface area contributed by atoms with E-state index in [4.69, 9.17) is 0 Å². The van der Waals surface area contributed by atoms with Crippen molar-refractivity contribution in [2.45, 2.75) is 13.1 Å². The maximum Gasteiger partial charge on any atom is 0.416 e. The topological polar surface area (TPSA) is 0 Å². The van der Waals surface area contributed by atoms with Crippen LogP contribution in [-0.2, 0) is 6.18 Å². The molecule has 0 radical (unpaired) electrons. The predicted molar refractivity (Wildman–Crippen MR) is 95.0 cm³/mol. The van der Waals surface area contributed by atoms with Crippen molar-refractivity contribution in [2.75, 3.05) is 0 Å². The van der Waals surface area contributed by atoms with Crippen LogP contribution in [0.4, 0.5) is 13.2 Å². The van der Waals surface area contributed by atoms with Gasteiger partial charge >= 0.3 is 6.18 Å². The first kappa shape index (κ1) is 15.2. The third-order valence-electron chi connectivity index (χ3n) is 4.25. The molecule has 0 saturated carbocycles. The van der Waals surface area contributed by atoms with Gasteiger partial charge < -0.3 is 0 Å². The summed E-state index contributed by atoms with van der Waals surface area (Å²) in [6.45, 7) is 1.51. The smallest absolute Gasteiger partial charge is 0.166 e. The number of fused-ring (bicyclic) bond motifs is 3. The summed E-state index contributed by atoms with van der Waals surface area (Å²) >= 11 is 0. The summed E-state index contributed by atoms with van der Waals surface area (Å²) < 4.78 is 42.1. The Morgan fingerprint density at radius 1 is 0.750 bits per heavy atom. The van der Waals surface area contributed by atoms with Crippen LogP contribution in [-0.4, -0.2) is 0 Å². The molecule has 0 aliphatic carbocycles. The second kappa shape index (κ2) is 5.35. The van der Waals surface area contributed by atoms with Crippen molar-refractivity contribution in [3.05, 3.63) is 77.9 Å². The standard InChI is InChI=1S/C20H14F3S/c1-13-10-11-14(12-17(13)20(21,22)23)24-18-8-4-2-6-15(18)16-7-3-5-9-19(16)24/h2-12H,1H3/q+1. The molecule has 0 atom stereocenters. The highest BCUT2D eigenvalue weighted by atomic mass is 32.2. The lowest BCUT2D eigenvalue weighted by atomic mass is 10.1. The van der Waals surface area contributed by atoms with Gasteiger partial charge in [0, 0.05) is 27.3 Å². The van der Waals surface area contributed by atoms with Crippen LogP contribution < -0.4 is 0 Å². The average molecular weight is 343 g/mol. The molecule has 0 N–H and O–H groups in total. The van der Waals surface area contributed by atoms with Gasteiger partial charge in [-0.15, -0.1) is 0 Å². The lowest BCUT2D eigenvalue weighted by Gasteiger charge is -2.09. The zero-order valence-electron chi connectivity index (χ0n) is 12.9. The highest BCUT2D eigenvalue weighted by Crippen LogP contribution is 2.49. The molecule has 0 saturated heterocycles. The number of halogens is 3. The van der Waals surface area contributed by atoms with Gasteiger partial charge in [0.2, 0.25) is 0 Å². The van der Waals surface area contributed by atoms with E-state index in [1.165, 1.54) is 13.0 Å². The molecular formula is C20H14F3S+. The van der Waals surface area contributed by atoms with E-state index in [9.17, 15) is 13.2 Å². The van der Waals surface area contributed by atoms with E-state index in [0.717, 1.165) is 20.2 Å². The minimum Gasteiger partial charge on any atom is -0.166 e. The minimum atomic E-state index is -4.33. The van der Waals surface area contributed by atoms with Crippen LogP contribution in [0.15, 0.2) is 66.7 Å². The molecule has 0 unspecified atom stereocenters. The van der Waals surface area contributed by atoms with E-state index in [1.54, 1.807) is 6.07 Å². The number of aryl methyl sites for hydroxylation is 1. The highest BCUT2D eigenvalue weighted by molar-refractivity contribution is 7.50. The SMILES string of the molecule is Cc1ccc(-[s+]2c3ccccc3c3ccccc32)cc1C(F)(F)F. The number of alkyl halides is 3. The number of hydrogen-bond acceptors (Lipinski definition) is 0. The summed E-state index contributed by atoms with van der Waals surface area (Å²) in [7, 11) is -0.494. The first-order chi connectivity index (χ1) is 11.5. The molecule has 0 spiro atoms. The van der Waals surface area contributed by atoms with E-state index in [-0.39, 0.29) is 5.56 Å². The Labute approximate surface area is 140 Å². The molecule has 4 rings (SSSR count). The van der Waals surface area contributed by atoms with Crippen molar-refractivity contribution >= 4 is 30.6 Å². The minimum absolute atomic E-state index is 0.260. The zero-order valence-corrected chi connectivity index (χ0v) is 13.7. The van der Waals surface area contributed by atoms with Gasteiger partial charge in [-0.2, -0.15) is 13.2 Å². The van der Waals surface area contributed by atoms with Crippen LogP contribution in [0, 0.1) is 6.92 Å². The third-order valence-corrected chi connectivity index (χ3v) is 6.57. The van der Waals surface area contributed by atoms with E-state index in [1.807, 2.05) is 54.6 Å². The molecule has 0 amide bonds. The van der Waals surface area contributed by atoms with E-state index >= 15 is 0 Å². The molecule has 0 nitrogen and oxygen atoms in total. The molecule has 120 valence electrons. The van der Waals surface area contributed by atoms with Crippen LogP contribution >= 0.6 is 10.5 Å². The van der Waals surface area contributed by atoms with Gasteiger partial charge in [0.15, 0.2) is 14.3 Å². The molecule has 1 aromatic heterocycles. The second-order valence-corrected chi connectivity index (χ2v) is 7.74. The Morgan fingerprint density at radius 3 is 1.83 bits per heavy atom. The number of thiophene rings is 1. The third kappa shape index (κ3) is 2.29. The average Bonchev–Trinajstić information content (AvgIpc) is 2.89. The largest absolute Gasteiger partial charge is 0.416 e. The summed E-state index contributed by atoms with van der Waals surface area (Å²) in [4.78, 5) is 0.713. The molecule has 0 aliphatic heterocycles. The van der Waals surface area contributed by atoms with Crippen LogP contribution in [0.3, 0.4) is 0 Å². The van der Waals surface area contributed by atoms with Crippen LogP contribution in [0.25, 0.3) is 25.1 Å². The molecular weight excluding hydrogens is 329 g/mol. The summed E-state index contributed by atoms with van der Waals surface area (Å²) in [5, 5.41) is 2.23. The van der Waals surface area contributed by atoms with Crippen molar-refractivity contribution in [3.8, 4) is 4.90 Å². The maximum absolute atomic E-state index is 13.3. The highest BCUT2D eigenvalue weighted by Gasteiger charge is 2.34. The number of hydrogen-bond donors (Lipinski definition) is 0. The maximum atomic E-state index is 13.3. The van der Waals surface area contributed by atoms with Crippen molar-refractivity contribution < 1.29 is 13.2 Å². The molecule has 24 heavy (non-hydrogen) atoms. The van der Waals surface area contributed by atoms with Gasteiger partial charge in [-0.3, -0.25) is 0 Å². The lowest BCUT2D eigenvalue weighted by molar-refractivity contribution is -0.138. The molecule has 0 fully saturated rings. The van der Waals surface area contributed by atoms with Crippen molar-refractivity contribution in [1.82, 2.24) is 0 Å². The quantitative estimate of drug-likeness (QED) is 0.325. The Balaban J connectivity index is 2.10. The first-order valence-electron chi connectivity index (χ1n) is 7.57. The number of benzene rings is 3. The summed E-state index contributed by atoms with van der Waals surface area (Å²) in [6, 6.07) is 20.7. The summed E-state index contributed by atoms with van der Waals surface area (Å²) in [6.07, 6.45) is -4.33. The van der Waals surface area contributed by atoms with Gasteiger partial charge in [0.05, 0.1) is 5.56 Å².